The van der Waals surface area contributed by atoms with Gasteiger partial charge in [0.25, 0.3) is 5.88 Å². The number of fused-ring (bicyclic) bond motifs is 1. The molecule has 0 aliphatic rings. The third-order valence-electron chi connectivity index (χ3n) is 3.17. The molecule has 0 aliphatic carbocycles. The van der Waals surface area contributed by atoms with Crippen molar-refractivity contribution in [3.63, 3.8) is 0 Å². The normalized spacial score (nSPS) is 11.8. The maximum atomic E-state index is 12.3. The number of alkyl halides is 3. The maximum absolute atomic E-state index is 12.3. The van der Waals surface area contributed by atoms with Gasteiger partial charge in [-0.15, -0.1) is 0 Å². The van der Waals surface area contributed by atoms with E-state index in [2.05, 4.69) is 10.1 Å². The number of halogens is 3. The van der Waals surface area contributed by atoms with Gasteiger partial charge in [-0.05, 0) is 29.8 Å². The van der Waals surface area contributed by atoms with Gasteiger partial charge in [0.15, 0.2) is 12.2 Å². The molecule has 0 atom stereocenters. The fourth-order valence-electron chi connectivity index (χ4n) is 2.15. The molecule has 7 heteroatoms. The number of aromatic nitrogens is 2. The van der Waals surface area contributed by atoms with E-state index in [9.17, 15) is 13.2 Å². The number of pyridine rings is 1. The summed E-state index contributed by atoms with van der Waals surface area (Å²) in [5.41, 5.74) is 2.87. The first-order valence-electron chi connectivity index (χ1n) is 6.44. The Morgan fingerprint density at radius 3 is 2.73 bits per heavy atom. The highest BCUT2D eigenvalue weighted by Crippen LogP contribution is 2.34. The second-order valence-electron chi connectivity index (χ2n) is 4.76. The molecular formula is C15H11F3N2O2. The Kier molecular flexibility index (Phi) is 3.48. The molecule has 0 saturated heterocycles. The highest BCUT2D eigenvalue weighted by Gasteiger charge is 2.29. The second-order valence-corrected chi connectivity index (χ2v) is 4.76. The fraction of sp³-hybridized carbons (Fsp3) is 0.200. The summed E-state index contributed by atoms with van der Waals surface area (Å²) in [7, 11) is 0. The van der Waals surface area contributed by atoms with Crippen molar-refractivity contribution in [3.05, 3.63) is 42.2 Å². The van der Waals surface area contributed by atoms with E-state index in [-0.39, 0.29) is 5.88 Å². The molecule has 1 aromatic carbocycles. The lowest BCUT2D eigenvalue weighted by Gasteiger charge is -2.07. The number of ether oxygens (including phenoxy) is 1. The Hall–Kier alpha value is -2.57. The zero-order valence-electron chi connectivity index (χ0n) is 11.5. The highest BCUT2D eigenvalue weighted by molar-refractivity contribution is 5.95. The predicted molar refractivity (Wildman–Crippen MR) is 73.5 cm³/mol. The van der Waals surface area contributed by atoms with Crippen LogP contribution in [0.3, 0.4) is 0 Å². The Morgan fingerprint density at radius 2 is 2.00 bits per heavy atom. The third kappa shape index (κ3) is 2.74. The van der Waals surface area contributed by atoms with Crippen LogP contribution < -0.4 is 4.74 Å². The van der Waals surface area contributed by atoms with Crippen molar-refractivity contribution in [1.29, 1.82) is 0 Å². The molecule has 0 radical (unpaired) electrons. The SMILES string of the molecule is Cc1ccncc1-c1cccc2c(OCC(F)(F)F)noc12. The van der Waals surface area contributed by atoms with Crippen LogP contribution in [0.25, 0.3) is 22.1 Å². The van der Waals surface area contributed by atoms with E-state index in [1.54, 1.807) is 30.6 Å². The number of rotatable bonds is 3. The number of benzene rings is 1. The first-order valence-corrected chi connectivity index (χ1v) is 6.44. The van der Waals surface area contributed by atoms with Crippen LogP contribution in [-0.2, 0) is 0 Å². The zero-order valence-corrected chi connectivity index (χ0v) is 11.5. The van der Waals surface area contributed by atoms with Gasteiger partial charge in [-0.2, -0.15) is 13.2 Å². The van der Waals surface area contributed by atoms with E-state index in [1.807, 2.05) is 13.0 Å². The van der Waals surface area contributed by atoms with Crippen molar-refractivity contribution in [2.45, 2.75) is 13.1 Å². The molecule has 0 spiro atoms. The van der Waals surface area contributed by atoms with Crippen LogP contribution in [0.4, 0.5) is 13.2 Å². The summed E-state index contributed by atoms with van der Waals surface area (Å²) in [6.07, 6.45) is -1.09. The monoisotopic (exact) mass is 308 g/mol. The summed E-state index contributed by atoms with van der Waals surface area (Å²) >= 11 is 0. The summed E-state index contributed by atoms with van der Waals surface area (Å²) in [6.45, 7) is 0.498. The molecule has 0 fully saturated rings. The first kappa shape index (κ1) is 14.4. The van der Waals surface area contributed by atoms with Gasteiger partial charge in [0.2, 0.25) is 0 Å². The van der Waals surface area contributed by atoms with Crippen molar-refractivity contribution in [1.82, 2.24) is 10.1 Å². The minimum atomic E-state index is -4.43. The van der Waals surface area contributed by atoms with Gasteiger partial charge >= 0.3 is 6.18 Å². The summed E-state index contributed by atoms with van der Waals surface area (Å²) in [4.78, 5) is 4.06. The molecule has 0 aliphatic heterocycles. The number of nitrogens with zero attached hydrogens (tertiary/aromatic N) is 2. The van der Waals surface area contributed by atoms with Crippen LogP contribution in [0.2, 0.25) is 0 Å². The summed E-state index contributed by atoms with van der Waals surface area (Å²) in [6, 6.07) is 6.95. The Bertz CT molecular complexity index is 812. The first-order chi connectivity index (χ1) is 10.5. The molecule has 22 heavy (non-hydrogen) atoms. The quantitative estimate of drug-likeness (QED) is 0.729. The van der Waals surface area contributed by atoms with E-state index in [1.165, 1.54) is 0 Å². The van der Waals surface area contributed by atoms with Crippen molar-refractivity contribution in [2.75, 3.05) is 6.61 Å². The minimum absolute atomic E-state index is 0.171. The molecule has 114 valence electrons. The van der Waals surface area contributed by atoms with Crippen LogP contribution in [0.15, 0.2) is 41.2 Å². The van der Waals surface area contributed by atoms with Crippen molar-refractivity contribution < 1.29 is 22.4 Å². The summed E-state index contributed by atoms with van der Waals surface area (Å²) in [5.74, 6) is -0.171. The van der Waals surface area contributed by atoms with E-state index in [4.69, 9.17) is 9.26 Å². The van der Waals surface area contributed by atoms with Crippen LogP contribution in [0.5, 0.6) is 5.88 Å². The van der Waals surface area contributed by atoms with Crippen LogP contribution in [-0.4, -0.2) is 22.9 Å². The molecule has 0 N–H and O–H groups in total. The van der Waals surface area contributed by atoms with Gasteiger partial charge in [0.05, 0.1) is 5.39 Å². The van der Waals surface area contributed by atoms with Gasteiger partial charge in [-0.25, -0.2) is 0 Å². The lowest BCUT2D eigenvalue weighted by Crippen LogP contribution is -2.19. The topological polar surface area (TPSA) is 48.2 Å². The van der Waals surface area contributed by atoms with Gasteiger partial charge in [-0.1, -0.05) is 12.1 Å². The van der Waals surface area contributed by atoms with Crippen molar-refractivity contribution in [2.24, 2.45) is 0 Å². The fourth-order valence-corrected chi connectivity index (χ4v) is 2.15. The number of aryl methyl sites for hydroxylation is 1. The molecule has 3 rings (SSSR count). The molecular weight excluding hydrogens is 297 g/mol. The largest absolute Gasteiger partial charge is 0.465 e. The lowest BCUT2D eigenvalue weighted by molar-refractivity contribution is -0.154. The zero-order chi connectivity index (χ0) is 15.7. The van der Waals surface area contributed by atoms with Gasteiger partial charge < -0.3 is 9.26 Å². The highest BCUT2D eigenvalue weighted by atomic mass is 19.4. The van der Waals surface area contributed by atoms with Gasteiger partial charge in [-0.3, -0.25) is 4.98 Å². The molecule has 0 saturated carbocycles. The second kappa shape index (κ2) is 5.32. The predicted octanol–water partition coefficient (Wildman–Crippen LogP) is 4.14. The molecule has 2 aromatic heterocycles. The molecule has 4 nitrogen and oxygen atoms in total. The average molecular weight is 308 g/mol. The van der Waals surface area contributed by atoms with Crippen molar-refractivity contribution >= 4 is 11.0 Å². The molecule has 2 heterocycles. The van der Waals surface area contributed by atoms with Gasteiger partial charge in [0, 0.05) is 23.5 Å². The van der Waals surface area contributed by atoms with E-state index < -0.39 is 12.8 Å². The molecule has 3 aromatic rings. The van der Waals surface area contributed by atoms with E-state index in [0.29, 0.717) is 16.5 Å². The van der Waals surface area contributed by atoms with Gasteiger partial charge in [0.1, 0.15) is 0 Å². The van der Waals surface area contributed by atoms with Crippen LogP contribution in [0, 0.1) is 6.92 Å². The maximum Gasteiger partial charge on any atom is 0.422 e. The lowest BCUT2D eigenvalue weighted by atomic mass is 10.0. The average Bonchev–Trinajstić information content (AvgIpc) is 2.88. The Balaban J connectivity index is 2.05. The third-order valence-corrected chi connectivity index (χ3v) is 3.17. The summed E-state index contributed by atoms with van der Waals surface area (Å²) in [5, 5.41) is 3.99. The Labute approximate surface area is 123 Å². The van der Waals surface area contributed by atoms with Crippen LogP contribution in [0.1, 0.15) is 5.56 Å². The van der Waals surface area contributed by atoms with Crippen molar-refractivity contribution in [3.8, 4) is 17.0 Å². The minimum Gasteiger partial charge on any atom is -0.465 e. The number of hydrogen-bond donors (Lipinski definition) is 0. The smallest absolute Gasteiger partial charge is 0.422 e. The van der Waals surface area contributed by atoms with Crippen LogP contribution >= 0.6 is 0 Å². The standard InChI is InChI=1S/C15H11F3N2O2/c1-9-5-6-19-7-12(9)10-3-2-4-11-13(10)22-20-14(11)21-8-15(16,17)18/h2-7H,8H2,1H3. The van der Waals surface area contributed by atoms with E-state index in [0.717, 1.165) is 11.1 Å². The number of hydrogen-bond acceptors (Lipinski definition) is 4. The molecule has 0 bridgehead atoms. The molecule has 0 unspecified atom stereocenters. The summed E-state index contributed by atoms with van der Waals surface area (Å²) < 4.78 is 46.6. The molecule has 0 amide bonds. The number of para-hydroxylation sites is 1. The Morgan fingerprint density at radius 1 is 1.18 bits per heavy atom. The van der Waals surface area contributed by atoms with E-state index >= 15 is 0 Å².